The van der Waals surface area contributed by atoms with E-state index in [-0.39, 0.29) is 31.6 Å². The van der Waals surface area contributed by atoms with Crippen molar-refractivity contribution in [1.29, 1.82) is 0 Å². The molecule has 0 aliphatic rings. The van der Waals surface area contributed by atoms with E-state index in [4.69, 9.17) is 22.3 Å². The Kier molecular flexibility index (Phi) is 15.7. The summed E-state index contributed by atoms with van der Waals surface area (Å²) in [5.74, 6) is -5.48. The molecule has 4 amide bonds. The third-order valence-corrected chi connectivity index (χ3v) is 5.22. The number of hydrogen-bond acceptors (Lipinski definition) is 8. The van der Waals surface area contributed by atoms with E-state index in [0.717, 1.165) is 0 Å². The standard InChI is InChI=1S/C22H40N6O8/c1-12(2)11-13(24)19(32)26-15(6-8-17(25)29)21(34)27-14(5-3-4-10-23)20(33)28-16(22(35)36)7-9-18(30)31/h12-16H,3-11,23-24H2,1-2H3,(H2,25,29)(H,26,32)(H,27,34)(H,28,33)(H,30,31)(H,35,36). The maximum absolute atomic E-state index is 13.0. The van der Waals surface area contributed by atoms with Crippen molar-refractivity contribution in [3.05, 3.63) is 0 Å². The fourth-order valence-corrected chi connectivity index (χ4v) is 3.28. The molecule has 0 radical (unpaired) electrons. The normalized spacial score (nSPS) is 14.2. The molecule has 206 valence electrons. The first-order chi connectivity index (χ1) is 16.8. The lowest BCUT2D eigenvalue weighted by Crippen LogP contribution is -2.57. The smallest absolute Gasteiger partial charge is 0.326 e. The zero-order valence-corrected chi connectivity index (χ0v) is 20.8. The van der Waals surface area contributed by atoms with Crippen LogP contribution in [0.25, 0.3) is 0 Å². The SMILES string of the molecule is CC(C)CC(N)C(=O)NC(CCC(N)=O)C(=O)NC(CCCCN)C(=O)NC(CCC(=O)O)C(=O)O. The average Bonchev–Trinajstić information content (AvgIpc) is 2.77. The van der Waals surface area contributed by atoms with Crippen LogP contribution in [0.4, 0.5) is 0 Å². The summed E-state index contributed by atoms with van der Waals surface area (Å²) in [6, 6.07) is -4.81. The molecule has 0 aromatic rings. The van der Waals surface area contributed by atoms with Crippen LogP contribution in [0.5, 0.6) is 0 Å². The number of unbranched alkanes of at least 4 members (excludes halogenated alkanes) is 1. The van der Waals surface area contributed by atoms with Gasteiger partial charge in [0.05, 0.1) is 6.04 Å². The molecule has 0 heterocycles. The van der Waals surface area contributed by atoms with Gasteiger partial charge in [0, 0.05) is 12.8 Å². The summed E-state index contributed by atoms with van der Waals surface area (Å²) in [5.41, 5.74) is 16.5. The number of hydrogen-bond donors (Lipinski definition) is 8. The molecule has 0 fully saturated rings. The number of carbonyl (C=O) groups is 6. The molecule has 14 nitrogen and oxygen atoms in total. The van der Waals surface area contributed by atoms with Gasteiger partial charge in [-0.25, -0.2) is 4.79 Å². The zero-order valence-electron chi connectivity index (χ0n) is 20.8. The summed E-state index contributed by atoms with van der Waals surface area (Å²) in [4.78, 5) is 71.8. The molecule has 0 aliphatic carbocycles. The lowest BCUT2D eigenvalue weighted by atomic mass is 10.0. The Labute approximate surface area is 210 Å². The van der Waals surface area contributed by atoms with E-state index < -0.39 is 66.2 Å². The van der Waals surface area contributed by atoms with E-state index in [0.29, 0.717) is 25.8 Å². The topological polar surface area (TPSA) is 257 Å². The monoisotopic (exact) mass is 516 g/mol. The number of carbonyl (C=O) groups excluding carboxylic acids is 4. The molecular formula is C22H40N6O8. The Hall–Kier alpha value is -3.26. The highest BCUT2D eigenvalue weighted by molar-refractivity contribution is 5.94. The van der Waals surface area contributed by atoms with Crippen LogP contribution in [-0.4, -0.2) is 76.5 Å². The van der Waals surface area contributed by atoms with Crippen molar-refractivity contribution >= 4 is 35.6 Å². The van der Waals surface area contributed by atoms with Crippen LogP contribution < -0.4 is 33.2 Å². The summed E-state index contributed by atoms with van der Waals surface area (Å²) in [6.45, 7) is 4.06. The Balaban J connectivity index is 5.59. The first-order valence-electron chi connectivity index (χ1n) is 11.9. The first kappa shape index (κ1) is 32.7. The van der Waals surface area contributed by atoms with Crippen LogP contribution in [-0.2, 0) is 28.8 Å². The highest BCUT2D eigenvalue weighted by Crippen LogP contribution is 2.08. The third-order valence-electron chi connectivity index (χ3n) is 5.22. The van der Waals surface area contributed by atoms with E-state index in [1.165, 1.54) is 0 Å². The van der Waals surface area contributed by atoms with Crippen molar-refractivity contribution in [3.63, 3.8) is 0 Å². The van der Waals surface area contributed by atoms with Crippen LogP contribution in [0.3, 0.4) is 0 Å². The Morgan fingerprint density at radius 1 is 0.750 bits per heavy atom. The van der Waals surface area contributed by atoms with Crippen molar-refractivity contribution in [1.82, 2.24) is 16.0 Å². The minimum Gasteiger partial charge on any atom is -0.481 e. The number of nitrogens with two attached hydrogens (primary N) is 3. The van der Waals surface area contributed by atoms with E-state index in [9.17, 15) is 33.9 Å². The number of aliphatic carboxylic acids is 2. The molecule has 4 atom stereocenters. The van der Waals surface area contributed by atoms with E-state index in [1.807, 2.05) is 13.8 Å². The van der Waals surface area contributed by atoms with Gasteiger partial charge in [0.25, 0.3) is 0 Å². The number of carboxylic acid groups (broad SMARTS) is 2. The second-order valence-corrected chi connectivity index (χ2v) is 8.98. The summed E-state index contributed by atoms with van der Waals surface area (Å²) < 4.78 is 0. The van der Waals surface area contributed by atoms with Gasteiger partial charge >= 0.3 is 11.9 Å². The van der Waals surface area contributed by atoms with Gasteiger partial charge in [-0.15, -0.1) is 0 Å². The van der Waals surface area contributed by atoms with Crippen molar-refractivity contribution in [2.24, 2.45) is 23.1 Å². The van der Waals surface area contributed by atoms with E-state index in [1.54, 1.807) is 0 Å². The molecule has 4 unspecified atom stereocenters. The second kappa shape index (κ2) is 17.2. The fourth-order valence-electron chi connectivity index (χ4n) is 3.28. The molecule has 11 N–H and O–H groups in total. The lowest BCUT2D eigenvalue weighted by Gasteiger charge is -2.25. The highest BCUT2D eigenvalue weighted by atomic mass is 16.4. The minimum absolute atomic E-state index is 0.101. The minimum atomic E-state index is -1.48. The molecule has 0 aliphatic heterocycles. The number of nitrogens with one attached hydrogen (secondary N) is 3. The van der Waals surface area contributed by atoms with Gasteiger partial charge in [-0.2, -0.15) is 0 Å². The second-order valence-electron chi connectivity index (χ2n) is 8.98. The molecule has 0 aromatic heterocycles. The Bertz CT molecular complexity index is 776. The molecule has 0 spiro atoms. The molecule has 0 saturated carbocycles. The summed E-state index contributed by atoms with van der Waals surface area (Å²) in [7, 11) is 0. The Morgan fingerprint density at radius 3 is 1.72 bits per heavy atom. The van der Waals surface area contributed by atoms with Crippen LogP contribution in [0.15, 0.2) is 0 Å². The fraction of sp³-hybridized carbons (Fsp3) is 0.727. The maximum Gasteiger partial charge on any atom is 0.326 e. The van der Waals surface area contributed by atoms with Crippen LogP contribution >= 0.6 is 0 Å². The van der Waals surface area contributed by atoms with Crippen LogP contribution in [0.2, 0.25) is 0 Å². The first-order valence-corrected chi connectivity index (χ1v) is 11.9. The summed E-state index contributed by atoms with van der Waals surface area (Å²) in [6.07, 6.45) is 0.180. The lowest BCUT2D eigenvalue weighted by molar-refractivity contribution is -0.143. The van der Waals surface area contributed by atoms with Gasteiger partial charge in [-0.3, -0.25) is 24.0 Å². The molecule has 36 heavy (non-hydrogen) atoms. The number of amides is 4. The van der Waals surface area contributed by atoms with Crippen molar-refractivity contribution < 1.29 is 39.0 Å². The van der Waals surface area contributed by atoms with Gasteiger partial charge in [-0.1, -0.05) is 13.8 Å². The zero-order chi connectivity index (χ0) is 27.8. The van der Waals surface area contributed by atoms with Gasteiger partial charge in [0.1, 0.15) is 18.1 Å². The number of carboxylic acids is 2. The van der Waals surface area contributed by atoms with Gasteiger partial charge < -0.3 is 43.4 Å². The average molecular weight is 517 g/mol. The van der Waals surface area contributed by atoms with Gasteiger partial charge in [0.2, 0.25) is 23.6 Å². The molecule has 0 aromatic carbocycles. The van der Waals surface area contributed by atoms with E-state index in [2.05, 4.69) is 16.0 Å². The summed E-state index contributed by atoms with van der Waals surface area (Å²) in [5, 5.41) is 25.3. The molecular weight excluding hydrogens is 476 g/mol. The number of primary amides is 1. The van der Waals surface area contributed by atoms with Crippen molar-refractivity contribution in [3.8, 4) is 0 Å². The molecule has 0 saturated heterocycles. The molecule has 0 bridgehead atoms. The summed E-state index contributed by atoms with van der Waals surface area (Å²) >= 11 is 0. The van der Waals surface area contributed by atoms with Gasteiger partial charge in [0.15, 0.2) is 0 Å². The predicted octanol–water partition coefficient (Wildman–Crippen LogP) is -1.84. The highest BCUT2D eigenvalue weighted by Gasteiger charge is 2.30. The number of rotatable bonds is 19. The quantitative estimate of drug-likeness (QED) is 0.0889. The van der Waals surface area contributed by atoms with Crippen LogP contribution in [0, 0.1) is 5.92 Å². The Morgan fingerprint density at radius 2 is 1.25 bits per heavy atom. The predicted molar refractivity (Wildman–Crippen MR) is 129 cm³/mol. The van der Waals surface area contributed by atoms with E-state index >= 15 is 0 Å². The van der Waals surface area contributed by atoms with Crippen LogP contribution in [0.1, 0.15) is 65.2 Å². The maximum atomic E-state index is 13.0. The third kappa shape index (κ3) is 14.2. The molecule has 14 heteroatoms. The van der Waals surface area contributed by atoms with Crippen molar-refractivity contribution in [2.75, 3.05) is 6.54 Å². The molecule has 0 rings (SSSR count). The van der Waals surface area contributed by atoms with Crippen molar-refractivity contribution in [2.45, 2.75) is 89.4 Å². The largest absolute Gasteiger partial charge is 0.481 e. The van der Waals surface area contributed by atoms with Gasteiger partial charge in [-0.05, 0) is 51.0 Å².